The number of aliphatic hydroxyl groups excluding tert-OH is 1. The molecule has 110 valence electrons. The standard InChI is InChI=1S/C14H24O4S/c1-13(2,3)10(15)9(11(16)14(4,5)6)12(17)18-19(7)8/h1-8H3/p+1. The Labute approximate surface area is 118 Å². The second kappa shape index (κ2) is 5.99. The van der Waals surface area contributed by atoms with Gasteiger partial charge in [-0.3, -0.25) is 4.79 Å². The van der Waals surface area contributed by atoms with Gasteiger partial charge in [0.1, 0.15) is 23.8 Å². The molecule has 0 bridgehead atoms. The monoisotopic (exact) mass is 289 g/mol. The maximum atomic E-state index is 12.4. The number of allylic oxidation sites excluding steroid dienone is 1. The number of Topliss-reactive ketones (excluding diaryl/α,β-unsaturated/α-hetero) is 1. The van der Waals surface area contributed by atoms with Gasteiger partial charge in [-0.1, -0.05) is 41.5 Å². The van der Waals surface area contributed by atoms with Gasteiger partial charge in [0.2, 0.25) is 0 Å². The van der Waals surface area contributed by atoms with Gasteiger partial charge in [0.05, 0.1) is 0 Å². The third-order valence-corrected chi connectivity index (χ3v) is 2.79. The molecule has 0 saturated heterocycles. The number of rotatable bonds is 3. The molecule has 0 unspecified atom stereocenters. The van der Waals surface area contributed by atoms with Crippen LogP contribution in [0.5, 0.6) is 0 Å². The maximum Gasteiger partial charge on any atom is 0.401 e. The van der Waals surface area contributed by atoms with Crippen molar-refractivity contribution in [3.05, 3.63) is 11.3 Å². The first-order chi connectivity index (χ1) is 8.28. The van der Waals surface area contributed by atoms with E-state index in [-0.39, 0.29) is 11.3 Å². The van der Waals surface area contributed by atoms with Gasteiger partial charge in [-0.25, -0.2) is 8.98 Å². The highest BCUT2D eigenvalue weighted by atomic mass is 32.2. The molecule has 0 aliphatic rings. The number of carbonyl (C=O) groups excluding carboxylic acids is 2. The van der Waals surface area contributed by atoms with Gasteiger partial charge in [-0.05, 0) is 0 Å². The van der Waals surface area contributed by atoms with Crippen LogP contribution in [0.2, 0.25) is 0 Å². The summed E-state index contributed by atoms with van der Waals surface area (Å²) in [5, 5.41) is 10.2. The van der Waals surface area contributed by atoms with E-state index in [0.29, 0.717) is 0 Å². The zero-order valence-electron chi connectivity index (χ0n) is 13.1. The van der Waals surface area contributed by atoms with Crippen molar-refractivity contribution in [2.24, 2.45) is 10.8 Å². The predicted octanol–water partition coefficient (Wildman–Crippen LogP) is 2.80. The smallest absolute Gasteiger partial charge is 0.401 e. The summed E-state index contributed by atoms with van der Waals surface area (Å²) in [5.41, 5.74) is -1.68. The van der Waals surface area contributed by atoms with Crippen molar-refractivity contribution in [2.45, 2.75) is 41.5 Å². The molecule has 0 radical (unpaired) electrons. The average Bonchev–Trinajstić information content (AvgIpc) is 2.13. The van der Waals surface area contributed by atoms with Crippen LogP contribution in [-0.4, -0.2) is 29.4 Å². The second-order valence-corrected chi connectivity index (χ2v) is 8.31. The van der Waals surface area contributed by atoms with Gasteiger partial charge in [0.25, 0.3) is 0 Å². The molecule has 0 aliphatic heterocycles. The summed E-state index contributed by atoms with van der Waals surface area (Å²) in [6.07, 6.45) is 3.45. The summed E-state index contributed by atoms with van der Waals surface area (Å²) >= 11 is -0.600. The fourth-order valence-electron chi connectivity index (χ4n) is 1.24. The summed E-state index contributed by atoms with van der Waals surface area (Å²) < 4.78 is 5.10. The lowest BCUT2D eigenvalue weighted by molar-refractivity contribution is -0.134. The summed E-state index contributed by atoms with van der Waals surface area (Å²) in [6, 6.07) is 0. The van der Waals surface area contributed by atoms with E-state index < -0.39 is 33.8 Å². The van der Waals surface area contributed by atoms with Crippen LogP contribution in [-0.2, 0) is 24.9 Å². The molecule has 0 aromatic heterocycles. The largest absolute Gasteiger partial charge is 0.511 e. The van der Waals surface area contributed by atoms with E-state index in [0.717, 1.165) is 0 Å². The Morgan fingerprint density at radius 1 is 0.947 bits per heavy atom. The first-order valence-corrected chi connectivity index (χ1v) is 8.04. The zero-order chi connectivity index (χ0) is 15.6. The number of hydrogen-bond donors (Lipinski definition) is 1. The molecular formula is C14H25O4S+. The van der Waals surface area contributed by atoms with Crippen molar-refractivity contribution in [1.82, 2.24) is 0 Å². The molecule has 0 aromatic carbocycles. The number of ketones is 1. The van der Waals surface area contributed by atoms with Gasteiger partial charge >= 0.3 is 5.97 Å². The first kappa shape index (κ1) is 18.0. The normalized spacial score (nSPS) is 14.2. The third kappa shape index (κ3) is 5.27. The molecule has 0 spiro atoms. The second-order valence-electron chi connectivity index (χ2n) is 6.67. The van der Waals surface area contributed by atoms with Crippen LogP contribution in [0.25, 0.3) is 0 Å². The minimum atomic E-state index is -0.756. The Morgan fingerprint density at radius 3 is 1.63 bits per heavy atom. The van der Waals surface area contributed by atoms with Crippen molar-refractivity contribution in [3.8, 4) is 0 Å². The van der Waals surface area contributed by atoms with E-state index >= 15 is 0 Å². The van der Waals surface area contributed by atoms with Crippen molar-refractivity contribution in [3.63, 3.8) is 0 Å². The van der Waals surface area contributed by atoms with Crippen LogP contribution in [0.4, 0.5) is 0 Å². The molecular weight excluding hydrogens is 264 g/mol. The fraction of sp³-hybridized carbons (Fsp3) is 0.714. The van der Waals surface area contributed by atoms with Crippen molar-refractivity contribution in [1.29, 1.82) is 0 Å². The Balaban J connectivity index is 5.80. The number of hydrogen-bond acceptors (Lipinski definition) is 4. The van der Waals surface area contributed by atoms with Crippen LogP contribution in [0, 0.1) is 10.8 Å². The highest BCUT2D eigenvalue weighted by Crippen LogP contribution is 2.30. The SMILES string of the molecule is C[S+](C)OC(=O)/C(C(=O)C(C)(C)C)=C(/O)C(C)(C)C. The highest BCUT2D eigenvalue weighted by molar-refractivity contribution is 7.91. The third-order valence-electron chi connectivity index (χ3n) is 2.30. The van der Waals surface area contributed by atoms with Crippen LogP contribution in [0.15, 0.2) is 11.3 Å². The lowest BCUT2D eigenvalue weighted by Crippen LogP contribution is -2.31. The minimum absolute atomic E-state index is 0.220. The van der Waals surface area contributed by atoms with Gasteiger partial charge < -0.3 is 5.11 Å². The molecule has 0 fully saturated rings. The van der Waals surface area contributed by atoms with Crippen LogP contribution < -0.4 is 0 Å². The topological polar surface area (TPSA) is 63.6 Å². The fourth-order valence-corrected chi connectivity index (χ4v) is 1.63. The van der Waals surface area contributed by atoms with E-state index in [1.54, 1.807) is 54.1 Å². The molecule has 0 saturated carbocycles. The van der Waals surface area contributed by atoms with Gasteiger partial charge in [0, 0.05) is 10.8 Å². The summed E-state index contributed by atoms with van der Waals surface area (Å²) in [7, 11) is 0. The lowest BCUT2D eigenvalue weighted by Gasteiger charge is -2.23. The summed E-state index contributed by atoms with van der Waals surface area (Å²) in [5.74, 6) is -1.38. The molecule has 19 heavy (non-hydrogen) atoms. The molecule has 0 atom stereocenters. The Hall–Kier alpha value is -0.970. The van der Waals surface area contributed by atoms with E-state index in [2.05, 4.69) is 0 Å². The Bertz CT molecular complexity index is 395. The Morgan fingerprint density at radius 2 is 1.37 bits per heavy atom. The zero-order valence-corrected chi connectivity index (χ0v) is 13.9. The summed E-state index contributed by atoms with van der Waals surface area (Å²) in [6.45, 7) is 10.3. The first-order valence-electron chi connectivity index (χ1n) is 6.07. The molecule has 0 heterocycles. The van der Waals surface area contributed by atoms with Crippen LogP contribution >= 0.6 is 0 Å². The van der Waals surface area contributed by atoms with Crippen LogP contribution in [0.3, 0.4) is 0 Å². The molecule has 4 nitrogen and oxygen atoms in total. The average molecular weight is 289 g/mol. The van der Waals surface area contributed by atoms with Crippen molar-refractivity contribution < 1.29 is 18.9 Å². The van der Waals surface area contributed by atoms with Crippen LogP contribution in [0.1, 0.15) is 41.5 Å². The molecule has 0 amide bonds. The highest BCUT2D eigenvalue weighted by Gasteiger charge is 2.38. The van der Waals surface area contributed by atoms with Gasteiger partial charge in [0.15, 0.2) is 17.0 Å². The molecule has 0 aliphatic carbocycles. The van der Waals surface area contributed by atoms with Gasteiger partial charge in [-0.15, -0.1) is 0 Å². The Kier molecular flexibility index (Phi) is 5.68. The van der Waals surface area contributed by atoms with E-state index in [4.69, 9.17) is 4.18 Å². The summed E-state index contributed by atoms with van der Waals surface area (Å²) in [4.78, 5) is 24.4. The molecule has 5 heteroatoms. The minimum Gasteiger partial charge on any atom is -0.511 e. The van der Waals surface area contributed by atoms with E-state index in [1.807, 2.05) is 0 Å². The predicted molar refractivity (Wildman–Crippen MR) is 78.9 cm³/mol. The van der Waals surface area contributed by atoms with Crippen molar-refractivity contribution >= 4 is 22.9 Å². The molecule has 1 N–H and O–H groups in total. The van der Waals surface area contributed by atoms with E-state index in [9.17, 15) is 14.7 Å². The van der Waals surface area contributed by atoms with E-state index in [1.165, 1.54) is 0 Å². The number of carbonyl (C=O) groups is 2. The van der Waals surface area contributed by atoms with Gasteiger partial charge in [-0.2, -0.15) is 0 Å². The lowest BCUT2D eigenvalue weighted by atomic mass is 9.81. The van der Waals surface area contributed by atoms with Crippen molar-refractivity contribution in [2.75, 3.05) is 12.5 Å². The molecule has 0 aromatic rings. The quantitative estimate of drug-likeness (QED) is 0.285. The molecule has 0 rings (SSSR count). The maximum absolute atomic E-state index is 12.4. The number of aliphatic hydroxyl groups is 1.